The maximum atomic E-state index is 12.1. The molecule has 106 valence electrons. The second kappa shape index (κ2) is 6.65. The summed E-state index contributed by atoms with van der Waals surface area (Å²) < 4.78 is 2.34. The minimum atomic E-state index is -0.112. The predicted octanol–water partition coefficient (Wildman–Crippen LogP) is 2.30. The Morgan fingerprint density at radius 1 is 1.25 bits per heavy atom. The van der Waals surface area contributed by atoms with Gasteiger partial charge in [0.05, 0.1) is 24.1 Å². The molecular formula is C14H17BrN4O. The van der Waals surface area contributed by atoms with E-state index >= 15 is 0 Å². The maximum Gasteiger partial charge on any atom is 0.269 e. The molecule has 0 atom stereocenters. The van der Waals surface area contributed by atoms with Gasteiger partial charge >= 0.3 is 0 Å². The summed E-state index contributed by atoms with van der Waals surface area (Å²) in [5.41, 5.74) is 1.55. The fourth-order valence-corrected chi connectivity index (χ4v) is 2.19. The lowest BCUT2D eigenvalue weighted by Gasteiger charge is -2.20. The van der Waals surface area contributed by atoms with Crippen LogP contribution in [0.5, 0.6) is 0 Å². The molecule has 5 nitrogen and oxygen atoms in total. The molecule has 0 spiro atoms. The summed E-state index contributed by atoms with van der Waals surface area (Å²) in [6.07, 6.45) is 3.44. The number of hydrogen-bond acceptors (Lipinski definition) is 4. The summed E-state index contributed by atoms with van der Waals surface area (Å²) in [7, 11) is 0. The van der Waals surface area contributed by atoms with E-state index in [-0.39, 0.29) is 5.56 Å². The second-order valence-electron chi connectivity index (χ2n) is 4.35. The fourth-order valence-electron chi connectivity index (χ4n) is 1.96. The molecule has 6 heteroatoms. The zero-order valence-electron chi connectivity index (χ0n) is 11.6. The Labute approximate surface area is 126 Å². The van der Waals surface area contributed by atoms with Crippen molar-refractivity contribution in [3.05, 3.63) is 51.1 Å². The average molecular weight is 337 g/mol. The first-order valence-electron chi connectivity index (χ1n) is 6.56. The van der Waals surface area contributed by atoms with Crippen LogP contribution < -0.4 is 10.5 Å². The highest BCUT2D eigenvalue weighted by Crippen LogP contribution is 2.10. The van der Waals surface area contributed by atoms with Crippen molar-refractivity contribution in [3.63, 3.8) is 0 Å². The van der Waals surface area contributed by atoms with Crippen LogP contribution in [0.3, 0.4) is 0 Å². The first-order chi connectivity index (χ1) is 9.63. The molecule has 0 radical (unpaired) electrons. The molecule has 0 fully saturated rings. The minimum absolute atomic E-state index is 0.112. The molecule has 0 saturated heterocycles. The van der Waals surface area contributed by atoms with Gasteiger partial charge in [0, 0.05) is 29.8 Å². The molecule has 2 aromatic heterocycles. The summed E-state index contributed by atoms with van der Waals surface area (Å²) in [5, 5.41) is 4.22. The predicted molar refractivity (Wildman–Crippen MR) is 83.1 cm³/mol. The highest BCUT2D eigenvalue weighted by molar-refractivity contribution is 9.10. The summed E-state index contributed by atoms with van der Waals surface area (Å²) >= 11 is 3.33. The van der Waals surface area contributed by atoms with Crippen molar-refractivity contribution in [2.75, 3.05) is 18.0 Å². The van der Waals surface area contributed by atoms with E-state index in [9.17, 15) is 4.79 Å². The third kappa shape index (κ3) is 3.45. The van der Waals surface area contributed by atoms with Crippen molar-refractivity contribution < 1.29 is 0 Å². The molecule has 0 aliphatic heterocycles. The van der Waals surface area contributed by atoms with Gasteiger partial charge in [-0.15, -0.1) is 0 Å². The number of pyridine rings is 1. The zero-order valence-corrected chi connectivity index (χ0v) is 13.2. The van der Waals surface area contributed by atoms with E-state index in [1.807, 2.05) is 12.1 Å². The smallest absolute Gasteiger partial charge is 0.269 e. The van der Waals surface area contributed by atoms with Gasteiger partial charge in [0.1, 0.15) is 0 Å². The van der Waals surface area contributed by atoms with Crippen molar-refractivity contribution in [2.45, 2.75) is 20.4 Å². The SMILES string of the molecule is CCN(CC)c1cnn(Cc2ccc(Br)cn2)c(=O)c1. The van der Waals surface area contributed by atoms with Crippen molar-refractivity contribution >= 4 is 21.6 Å². The van der Waals surface area contributed by atoms with Crippen molar-refractivity contribution in [2.24, 2.45) is 0 Å². The van der Waals surface area contributed by atoms with Crippen LogP contribution >= 0.6 is 15.9 Å². The molecule has 2 heterocycles. The van der Waals surface area contributed by atoms with E-state index in [2.05, 4.69) is 44.8 Å². The number of anilines is 1. The number of nitrogens with zero attached hydrogens (tertiary/aromatic N) is 4. The molecule has 20 heavy (non-hydrogen) atoms. The lowest BCUT2D eigenvalue weighted by atomic mass is 10.3. The molecule has 0 N–H and O–H groups in total. The van der Waals surface area contributed by atoms with E-state index < -0.39 is 0 Å². The molecule has 0 saturated carbocycles. The van der Waals surface area contributed by atoms with E-state index in [1.54, 1.807) is 18.5 Å². The molecule has 0 aliphatic rings. The summed E-state index contributed by atoms with van der Waals surface area (Å²) in [5.74, 6) is 0. The Balaban J connectivity index is 2.22. The largest absolute Gasteiger partial charge is 0.371 e. The van der Waals surface area contributed by atoms with Crippen LogP contribution in [0.4, 0.5) is 5.69 Å². The number of rotatable bonds is 5. The molecular weight excluding hydrogens is 320 g/mol. The van der Waals surface area contributed by atoms with Crippen LogP contribution in [0, 0.1) is 0 Å². The molecule has 0 bridgehead atoms. The number of halogens is 1. The maximum absolute atomic E-state index is 12.1. The van der Waals surface area contributed by atoms with Crippen LogP contribution in [-0.4, -0.2) is 27.9 Å². The van der Waals surface area contributed by atoms with E-state index in [1.165, 1.54) is 4.68 Å². The Hall–Kier alpha value is -1.69. The van der Waals surface area contributed by atoms with Crippen LogP contribution in [0.25, 0.3) is 0 Å². The van der Waals surface area contributed by atoms with Crippen LogP contribution in [-0.2, 0) is 6.54 Å². The van der Waals surface area contributed by atoms with Gasteiger partial charge in [-0.2, -0.15) is 5.10 Å². The Morgan fingerprint density at radius 2 is 2.00 bits per heavy atom. The molecule has 0 aliphatic carbocycles. The van der Waals surface area contributed by atoms with Crippen molar-refractivity contribution in [3.8, 4) is 0 Å². The minimum Gasteiger partial charge on any atom is -0.371 e. The topological polar surface area (TPSA) is 51.0 Å². The second-order valence-corrected chi connectivity index (χ2v) is 5.27. The average Bonchev–Trinajstić information content (AvgIpc) is 2.45. The third-order valence-electron chi connectivity index (χ3n) is 3.08. The van der Waals surface area contributed by atoms with Crippen LogP contribution in [0.1, 0.15) is 19.5 Å². The van der Waals surface area contributed by atoms with Gasteiger partial charge in [-0.1, -0.05) is 0 Å². The molecule has 0 amide bonds. The van der Waals surface area contributed by atoms with Gasteiger partial charge in [-0.25, -0.2) is 4.68 Å². The summed E-state index contributed by atoms with van der Waals surface area (Å²) in [6, 6.07) is 5.40. The highest BCUT2D eigenvalue weighted by Gasteiger charge is 2.06. The third-order valence-corrected chi connectivity index (χ3v) is 3.55. The normalized spacial score (nSPS) is 10.6. The van der Waals surface area contributed by atoms with E-state index in [0.29, 0.717) is 6.54 Å². The molecule has 0 aromatic carbocycles. The van der Waals surface area contributed by atoms with Crippen LogP contribution in [0.2, 0.25) is 0 Å². The van der Waals surface area contributed by atoms with Gasteiger partial charge in [-0.3, -0.25) is 9.78 Å². The lowest BCUT2D eigenvalue weighted by Crippen LogP contribution is -2.28. The summed E-state index contributed by atoms with van der Waals surface area (Å²) in [4.78, 5) is 18.4. The van der Waals surface area contributed by atoms with E-state index in [4.69, 9.17) is 0 Å². The van der Waals surface area contributed by atoms with Gasteiger partial charge in [-0.05, 0) is 41.9 Å². The van der Waals surface area contributed by atoms with Gasteiger partial charge in [0.15, 0.2) is 0 Å². The number of hydrogen-bond donors (Lipinski definition) is 0. The Bertz CT molecular complexity index is 620. The van der Waals surface area contributed by atoms with Crippen molar-refractivity contribution in [1.29, 1.82) is 0 Å². The first kappa shape index (κ1) is 14.7. The molecule has 0 unspecified atom stereocenters. The quantitative estimate of drug-likeness (QED) is 0.840. The van der Waals surface area contributed by atoms with Crippen molar-refractivity contribution in [1.82, 2.24) is 14.8 Å². The zero-order chi connectivity index (χ0) is 14.5. The van der Waals surface area contributed by atoms with Gasteiger partial charge < -0.3 is 4.90 Å². The van der Waals surface area contributed by atoms with Crippen LogP contribution in [0.15, 0.2) is 39.9 Å². The first-order valence-corrected chi connectivity index (χ1v) is 7.36. The summed E-state index contributed by atoms with van der Waals surface area (Å²) in [6.45, 7) is 6.21. The Morgan fingerprint density at radius 3 is 2.55 bits per heavy atom. The van der Waals surface area contributed by atoms with E-state index in [0.717, 1.165) is 28.9 Å². The highest BCUT2D eigenvalue weighted by atomic mass is 79.9. The molecule has 2 aromatic rings. The lowest BCUT2D eigenvalue weighted by molar-refractivity contribution is 0.625. The standard InChI is InChI=1S/C14H17BrN4O/c1-3-18(4-2)13-7-14(20)19(17-9-13)10-12-6-5-11(15)8-16-12/h5-9H,3-4,10H2,1-2H3. The molecule has 2 rings (SSSR count). The van der Waals surface area contributed by atoms with Gasteiger partial charge in [0.25, 0.3) is 5.56 Å². The Kier molecular flexibility index (Phi) is 4.89. The van der Waals surface area contributed by atoms with Gasteiger partial charge in [0.2, 0.25) is 0 Å². The fraction of sp³-hybridized carbons (Fsp3) is 0.357. The number of aromatic nitrogens is 3. The monoisotopic (exact) mass is 336 g/mol.